The van der Waals surface area contributed by atoms with Crippen molar-refractivity contribution in [3.63, 3.8) is 0 Å². The van der Waals surface area contributed by atoms with Gasteiger partial charge in [-0.15, -0.1) is 0 Å². The summed E-state index contributed by atoms with van der Waals surface area (Å²) in [6.07, 6.45) is -3.21. The fourth-order valence-corrected chi connectivity index (χ4v) is 4.49. The Bertz CT molecular complexity index is 1440. The van der Waals surface area contributed by atoms with Crippen LogP contribution in [0.15, 0.2) is 45.9 Å². The van der Waals surface area contributed by atoms with Crippen LogP contribution < -0.4 is 10.5 Å². The summed E-state index contributed by atoms with van der Waals surface area (Å²) in [7, 11) is -3.92. The number of alkyl halides is 3. The molecule has 3 heterocycles. The maximum atomic E-state index is 12.8. The molecule has 37 heavy (non-hydrogen) atoms. The number of rotatable bonds is 5. The van der Waals surface area contributed by atoms with E-state index < -0.39 is 34.2 Å². The van der Waals surface area contributed by atoms with Gasteiger partial charge < -0.3 is 20.1 Å². The SMILES string of the molecule is Cc1cc(-c2cc(-c3cc(S(=O)(=O)NC4CCOC4=O)ccc3C)cnc2N)on1.O=C(O)C(F)(F)F. The lowest BCUT2D eigenvalue weighted by Crippen LogP contribution is -2.37. The van der Waals surface area contributed by atoms with Gasteiger partial charge in [-0.2, -0.15) is 17.9 Å². The number of pyridine rings is 1. The van der Waals surface area contributed by atoms with Gasteiger partial charge in [0.05, 0.1) is 22.8 Å². The first-order valence-electron chi connectivity index (χ1n) is 10.5. The number of carbonyl (C=O) groups is 2. The summed E-state index contributed by atoms with van der Waals surface area (Å²) in [6.45, 7) is 3.86. The van der Waals surface area contributed by atoms with Crippen molar-refractivity contribution in [3.8, 4) is 22.5 Å². The van der Waals surface area contributed by atoms with E-state index in [0.717, 1.165) is 5.56 Å². The molecule has 3 aromatic rings. The van der Waals surface area contributed by atoms with E-state index in [-0.39, 0.29) is 17.3 Å². The predicted octanol–water partition coefficient (Wildman–Crippen LogP) is 2.83. The second-order valence-corrected chi connectivity index (χ2v) is 9.61. The highest BCUT2D eigenvalue weighted by Gasteiger charge is 2.38. The highest BCUT2D eigenvalue weighted by atomic mass is 32.2. The summed E-state index contributed by atoms with van der Waals surface area (Å²) >= 11 is 0. The quantitative estimate of drug-likeness (QED) is 0.407. The van der Waals surface area contributed by atoms with Crippen molar-refractivity contribution in [1.82, 2.24) is 14.9 Å². The smallest absolute Gasteiger partial charge is 0.475 e. The number of aryl methyl sites for hydroxylation is 2. The molecule has 1 fully saturated rings. The van der Waals surface area contributed by atoms with Crippen LogP contribution in [0.1, 0.15) is 17.7 Å². The molecular formula is C22H21F3N4O7S. The van der Waals surface area contributed by atoms with Gasteiger partial charge in [0.1, 0.15) is 11.9 Å². The summed E-state index contributed by atoms with van der Waals surface area (Å²) in [4.78, 5) is 24.8. The zero-order chi connectivity index (χ0) is 27.5. The van der Waals surface area contributed by atoms with Crippen LogP contribution in [0.5, 0.6) is 0 Å². The Morgan fingerprint density at radius 3 is 2.41 bits per heavy atom. The number of carboxylic acids is 1. The number of esters is 1. The van der Waals surface area contributed by atoms with Crippen LogP contribution >= 0.6 is 0 Å². The van der Waals surface area contributed by atoms with E-state index in [4.69, 9.17) is 24.9 Å². The molecule has 0 amide bonds. The summed E-state index contributed by atoms with van der Waals surface area (Å²) in [6, 6.07) is 7.39. The zero-order valence-electron chi connectivity index (χ0n) is 19.4. The summed E-state index contributed by atoms with van der Waals surface area (Å²) < 4.78 is 69.9. The maximum Gasteiger partial charge on any atom is 0.490 e. The molecule has 2 aromatic heterocycles. The van der Waals surface area contributed by atoms with Crippen LogP contribution in [-0.2, 0) is 24.3 Å². The lowest BCUT2D eigenvalue weighted by atomic mass is 10.00. The number of nitrogens with two attached hydrogens (primary N) is 1. The van der Waals surface area contributed by atoms with Crippen LogP contribution in [0.4, 0.5) is 19.0 Å². The number of nitrogens with zero attached hydrogens (tertiary/aromatic N) is 2. The summed E-state index contributed by atoms with van der Waals surface area (Å²) in [5.41, 5.74) is 9.45. The van der Waals surface area contributed by atoms with E-state index in [2.05, 4.69) is 14.9 Å². The van der Waals surface area contributed by atoms with E-state index in [1.54, 1.807) is 37.4 Å². The van der Waals surface area contributed by atoms with Gasteiger partial charge in [-0.25, -0.2) is 18.2 Å². The molecule has 15 heteroatoms. The van der Waals surface area contributed by atoms with Crippen LogP contribution in [0.25, 0.3) is 22.5 Å². The van der Waals surface area contributed by atoms with E-state index in [1.165, 1.54) is 6.07 Å². The second-order valence-electron chi connectivity index (χ2n) is 7.90. The van der Waals surface area contributed by atoms with Crippen molar-refractivity contribution in [2.24, 2.45) is 0 Å². The Hall–Kier alpha value is -3.98. The summed E-state index contributed by atoms with van der Waals surface area (Å²) in [5, 5.41) is 11.0. The average Bonchev–Trinajstić information content (AvgIpc) is 3.42. The fourth-order valence-electron chi connectivity index (χ4n) is 3.25. The number of nitrogens with one attached hydrogen (secondary N) is 1. The minimum atomic E-state index is -5.08. The lowest BCUT2D eigenvalue weighted by Gasteiger charge is -2.13. The number of aliphatic carboxylic acids is 1. The number of hydrogen-bond donors (Lipinski definition) is 3. The van der Waals surface area contributed by atoms with Gasteiger partial charge in [0.25, 0.3) is 0 Å². The van der Waals surface area contributed by atoms with Gasteiger partial charge in [-0.05, 0) is 43.2 Å². The number of ether oxygens (including phenoxy) is 1. The molecule has 0 spiro atoms. The molecule has 0 radical (unpaired) electrons. The van der Waals surface area contributed by atoms with Crippen molar-refractivity contribution >= 4 is 27.8 Å². The van der Waals surface area contributed by atoms with Gasteiger partial charge in [-0.1, -0.05) is 11.2 Å². The van der Waals surface area contributed by atoms with Gasteiger partial charge in [0, 0.05) is 24.2 Å². The molecular weight excluding hydrogens is 521 g/mol. The molecule has 1 atom stereocenters. The van der Waals surface area contributed by atoms with E-state index in [9.17, 15) is 26.4 Å². The normalized spacial score (nSPS) is 15.6. The third kappa shape index (κ3) is 6.62. The first-order chi connectivity index (χ1) is 17.2. The molecule has 1 aliphatic rings. The monoisotopic (exact) mass is 542 g/mol. The number of cyclic esters (lactones) is 1. The molecule has 1 aromatic carbocycles. The van der Waals surface area contributed by atoms with Gasteiger partial charge >= 0.3 is 18.1 Å². The minimum absolute atomic E-state index is 0.0386. The van der Waals surface area contributed by atoms with Gasteiger partial charge in [0.15, 0.2) is 5.76 Å². The molecule has 1 aliphatic heterocycles. The van der Waals surface area contributed by atoms with E-state index in [0.29, 0.717) is 34.6 Å². The van der Waals surface area contributed by atoms with E-state index >= 15 is 0 Å². The third-order valence-corrected chi connectivity index (χ3v) is 6.59. The molecule has 0 aliphatic carbocycles. The fraction of sp³-hybridized carbons (Fsp3) is 0.273. The van der Waals surface area contributed by atoms with Crippen molar-refractivity contribution in [2.45, 2.75) is 37.4 Å². The Balaban J connectivity index is 0.000000479. The standard InChI is InChI=1S/C20H20N4O5S.C2HF3O2/c1-11-3-4-14(30(26,27)24-17-5-6-28-20(17)25)9-15(11)13-8-16(19(21)22-10-13)18-7-12(2)23-29-18;3-2(4,5)1(6)7/h3-4,7-10,17,24H,5-6H2,1-2H3,(H2,21,22);(H,6,7). The van der Waals surface area contributed by atoms with Crippen LogP contribution in [0.2, 0.25) is 0 Å². The number of halogens is 3. The van der Waals surface area contributed by atoms with E-state index in [1.807, 2.05) is 6.92 Å². The highest BCUT2D eigenvalue weighted by Crippen LogP contribution is 2.32. The third-order valence-electron chi connectivity index (χ3n) is 5.12. The second kappa shape index (κ2) is 10.6. The lowest BCUT2D eigenvalue weighted by molar-refractivity contribution is -0.192. The Labute approximate surface area is 208 Å². The zero-order valence-corrected chi connectivity index (χ0v) is 20.2. The number of benzene rings is 1. The molecule has 0 saturated carbocycles. The number of aromatic nitrogens is 2. The summed E-state index contributed by atoms with van der Waals surface area (Å²) in [5.74, 6) is -2.58. The number of anilines is 1. The van der Waals surface area contributed by atoms with Crippen LogP contribution in [0.3, 0.4) is 0 Å². The van der Waals surface area contributed by atoms with Crippen LogP contribution in [-0.4, -0.2) is 54.4 Å². The van der Waals surface area contributed by atoms with Crippen molar-refractivity contribution in [2.75, 3.05) is 12.3 Å². The molecule has 1 unspecified atom stereocenters. The number of carboxylic acid groups (broad SMARTS) is 1. The highest BCUT2D eigenvalue weighted by molar-refractivity contribution is 7.89. The first kappa shape index (κ1) is 27.6. The minimum Gasteiger partial charge on any atom is -0.475 e. The molecule has 0 bridgehead atoms. The molecule has 4 N–H and O–H groups in total. The van der Waals surface area contributed by atoms with Crippen LogP contribution in [0, 0.1) is 13.8 Å². The average molecular weight is 542 g/mol. The molecule has 11 nitrogen and oxygen atoms in total. The Morgan fingerprint density at radius 2 is 1.86 bits per heavy atom. The molecule has 198 valence electrons. The van der Waals surface area contributed by atoms with Gasteiger partial charge in [0.2, 0.25) is 10.0 Å². The molecule has 4 rings (SSSR count). The number of nitrogen functional groups attached to an aromatic ring is 1. The number of hydrogen-bond acceptors (Lipinski definition) is 9. The van der Waals surface area contributed by atoms with Crippen molar-refractivity contribution < 1.29 is 45.5 Å². The number of sulfonamides is 1. The predicted molar refractivity (Wildman–Crippen MR) is 122 cm³/mol. The molecule has 1 saturated heterocycles. The van der Waals surface area contributed by atoms with Crippen molar-refractivity contribution in [1.29, 1.82) is 0 Å². The Kier molecular flexibility index (Phi) is 7.88. The first-order valence-corrected chi connectivity index (χ1v) is 12.0. The Morgan fingerprint density at radius 1 is 1.19 bits per heavy atom. The number of carbonyl (C=O) groups excluding carboxylic acids is 1. The maximum absolute atomic E-state index is 12.8. The topological polar surface area (TPSA) is 175 Å². The van der Waals surface area contributed by atoms with Crippen molar-refractivity contribution in [3.05, 3.63) is 47.8 Å². The largest absolute Gasteiger partial charge is 0.490 e. The van der Waals surface area contributed by atoms with Gasteiger partial charge in [-0.3, -0.25) is 4.79 Å².